The van der Waals surface area contributed by atoms with E-state index in [9.17, 15) is 4.79 Å². The summed E-state index contributed by atoms with van der Waals surface area (Å²) in [5.41, 5.74) is 0. The summed E-state index contributed by atoms with van der Waals surface area (Å²) in [5.74, 6) is 1.70. The van der Waals surface area contributed by atoms with Crippen molar-refractivity contribution in [2.45, 2.75) is 58.5 Å². The Bertz CT molecular complexity index is 440. The molecule has 2 amide bonds. The van der Waals surface area contributed by atoms with Crippen LogP contribution in [-0.2, 0) is 13.0 Å². The van der Waals surface area contributed by atoms with Gasteiger partial charge in [-0.15, -0.1) is 10.2 Å². The van der Waals surface area contributed by atoms with Gasteiger partial charge in [-0.1, -0.05) is 19.8 Å². The molecule has 1 N–H and O–H groups in total. The zero-order valence-corrected chi connectivity index (χ0v) is 12.6. The normalized spacial score (nSPS) is 17.1. The smallest absolute Gasteiger partial charge is 0.317 e. The Hall–Kier alpha value is -1.59. The molecule has 112 valence electrons. The van der Waals surface area contributed by atoms with E-state index in [-0.39, 0.29) is 12.1 Å². The summed E-state index contributed by atoms with van der Waals surface area (Å²) in [5, 5.41) is 10.9. The van der Waals surface area contributed by atoms with Crippen LogP contribution in [0, 0.1) is 5.92 Å². The summed E-state index contributed by atoms with van der Waals surface area (Å²) in [6.45, 7) is 4.39. The van der Waals surface area contributed by atoms with Crippen LogP contribution < -0.4 is 5.32 Å². The van der Waals surface area contributed by atoms with Crippen LogP contribution in [0.4, 0.5) is 4.79 Å². The van der Waals surface area contributed by atoms with Gasteiger partial charge in [0.1, 0.15) is 6.54 Å². The standard InChI is InChI=1S/C14H24N4O2/c1-4-12-16-17-13(20-12)9-18(3)14(19)15-10(2)11-7-5-6-8-11/h10-11H,4-9H2,1-3H3,(H,15,19). The molecule has 6 heteroatoms. The number of hydrogen-bond donors (Lipinski definition) is 1. The molecular weight excluding hydrogens is 256 g/mol. The molecule has 0 aliphatic heterocycles. The molecule has 20 heavy (non-hydrogen) atoms. The van der Waals surface area contributed by atoms with Crippen molar-refractivity contribution in [2.24, 2.45) is 5.92 Å². The zero-order valence-electron chi connectivity index (χ0n) is 12.6. The fourth-order valence-corrected chi connectivity index (χ4v) is 2.65. The molecule has 0 bridgehead atoms. The number of hydrogen-bond acceptors (Lipinski definition) is 4. The maximum atomic E-state index is 12.1. The first-order valence-electron chi connectivity index (χ1n) is 7.43. The topological polar surface area (TPSA) is 71.3 Å². The summed E-state index contributed by atoms with van der Waals surface area (Å²) < 4.78 is 5.41. The minimum Gasteiger partial charge on any atom is -0.423 e. The van der Waals surface area contributed by atoms with Crippen LogP contribution in [0.3, 0.4) is 0 Å². The Balaban J connectivity index is 1.81. The second kappa shape index (κ2) is 6.72. The van der Waals surface area contributed by atoms with Crippen molar-refractivity contribution in [3.05, 3.63) is 11.8 Å². The van der Waals surface area contributed by atoms with E-state index in [1.54, 1.807) is 11.9 Å². The third-order valence-electron chi connectivity index (χ3n) is 3.99. The maximum Gasteiger partial charge on any atom is 0.317 e. The Morgan fingerprint density at radius 2 is 2.05 bits per heavy atom. The summed E-state index contributed by atoms with van der Waals surface area (Å²) in [7, 11) is 1.74. The molecule has 0 saturated heterocycles. The van der Waals surface area contributed by atoms with Crippen molar-refractivity contribution in [1.29, 1.82) is 0 Å². The average molecular weight is 280 g/mol. The summed E-state index contributed by atoms with van der Waals surface area (Å²) in [6, 6.07) is 0.141. The van der Waals surface area contributed by atoms with Crippen molar-refractivity contribution in [1.82, 2.24) is 20.4 Å². The van der Waals surface area contributed by atoms with E-state index in [1.807, 2.05) is 6.92 Å². The van der Waals surface area contributed by atoms with E-state index >= 15 is 0 Å². The van der Waals surface area contributed by atoms with Gasteiger partial charge in [0.2, 0.25) is 11.8 Å². The second-order valence-corrected chi connectivity index (χ2v) is 5.58. The van der Waals surface area contributed by atoms with E-state index in [2.05, 4.69) is 22.4 Å². The summed E-state index contributed by atoms with van der Waals surface area (Å²) >= 11 is 0. The SMILES string of the molecule is CCc1nnc(CN(C)C(=O)NC(C)C2CCCC2)o1. The van der Waals surface area contributed by atoms with E-state index in [1.165, 1.54) is 25.7 Å². The minimum absolute atomic E-state index is 0.0827. The van der Waals surface area contributed by atoms with E-state index < -0.39 is 0 Å². The van der Waals surface area contributed by atoms with Crippen LogP contribution >= 0.6 is 0 Å². The lowest BCUT2D eigenvalue weighted by Gasteiger charge is -2.24. The predicted octanol–water partition coefficient (Wildman–Crippen LogP) is 2.35. The van der Waals surface area contributed by atoms with Gasteiger partial charge in [-0.2, -0.15) is 0 Å². The number of amides is 2. The molecule has 1 aliphatic rings. The fourth-order valence-electron chi connectivity index (χ4n) is 2.65. The molecule has 1 fully saturated rings. The van der Waals surface area contributed by atoms with Gasteiger partial charge in [0.15, 0.2) is 0 Å². The third-order valence-corrected chi connectivity index (χ3v) is 3.99. The molecule has 0 radical (unpaired) electrons. The predicted molar refractivity (Wildman–Crippen MR) is 75.1 cm³/mol. The fraction of sp³-hybridized carbons (Fsp3) is 0.786. The quantitative estimate of drug-likeness (QED) is 0.898. The second-order valence-electron chi connectivity index (χ2n) is 5.58. The van der Waals surface area contributed by atoms with Crippen LogP contribution in [-0.4, -0.2) is 34.2 Å². The largest absolute Gasteiger partial charge is 0.423 e. The van der Waals surface area contributed by atoms with Crippen molar-refractivity contribution in [3.8, 4) is 0 Å². The van der Waals surface area contributed by atoms with Gasteiger partial charge in [-0.3, -0.25) is 0 Å². The van der Waals surface area contributed by atoms with Gasteiger partial charge in [0.25, 0.3) is 0 Å². The van der Waals surface area contributed by atoms with E-state index in [0.29, 0.717) is 30.7 Å². The van der Waals surface area contributed by atoms with Crippen LogP contribution in [0.25, 0.3) is 0 Å². The Kier molecular flexibility index (Phi) is 4.98. The van der Waals surface area contributed by atoms with Crippen LogP contribution in [0.5, 0.6) is 0 Å². The minimum atomic E-state index is -0.0827. The highest BCUT2D eigenvalue weighted by atomic mass is 16.4. The zero-order chi connectivity index (χ0) is 14.5. The number of urea groups is 1. The first-order chi connectivity index (χ1) is 9.60. The molecule has 0 aromatic carbocycles. The van der Waals surface area contributed by atoms with Crippen molar-refractivity contribution in [3.63, 3.8) is 0 Å². The van der Waals surface area contributed by atoms with Gasteiger partial charge < -0.3 is 14.6 Å². The molecule has 1 saturated carbocycles. The molecule has 1 aromatic rings. The molecule has 6 nitrogen and oxygen atoms in total. The maximum absolute atomic E-state index is 12.1. The van der Waals surface area contributed by atoms with Crippen molar-refractivity contribution >= 4 is 6.03 Å². The van der Waals surface area contributed by atoms with Gasteiger partial charge in [-0.25, -0.2) is 4.79 Å². The van der Waals surface area contributed by atoms with Crippen molar-refractivity contribution < 1.29 is 9.21 Å². The summed E-state index contributed by atoms with van der Waals surface area (Å²) in [4.78, 5) is 13.7. The third kappa shape index (κ3) is 3.71. The van der Waals surface area contributed by atoms with Crippen LogP contribution in [0.1, 0.15) is 51.3 Å². The molecule has 1 heterocycles. The highest BCUT2D eigenvalue weighted by molar-refractivity contribution is 5.74. The van der Waals surface area contributed by atoms with Crippen LogP contribution in [0.15, 0.2) is 4.42 Å². The first-order valence-corrected chi connectivity index (χ1v) is 7.43. The molecule has 1 unspecified atom stereocenters. The number of rotatable bonds is 5. The lowest BCUT2D eigenvalue weighted by molar-refractivity contribution is 0.193. The highest BCUT2D eigenvalue weighted by Gasteiger charge is 2.24. The van der Waals surface area contributed by atoms with E-state index in [4.69, 9.17) is 4.42 Å². The molecule has 0 spiro atoms. The number of nitrogens with one attached hydrogen (secondary N) is 1. The number of aromatic nitrogens is 2. The molecule has 1 aliphatic carbocycles. The average Bonchev–Trinajstić information content (AvgIpc) is 3.09. The number of nitrogens with zero attached hydrogens (tertiary/aromatic N) is 3. The Morgan fingerprint density at radius 3 is 2.65 bits per heavy atom. The number of aryl methyl sites for hydroxylation is 1. The van der Waals surface area contributed by atoms with E-state index in [0.717, 1.165) is 0 Å². The Morgan fingerprint density at radius 1 is 1.40 bits per heavy atom. The molecule has 1 atom stereocenters. The first kappa shape index (κ1) is 14.8. The van der Waals surface area contributed by atoms with Gasteiger partial charge in [0, 0.05) is 19.5 Å². The summed E-state index contributed by atoms with van der Waals surface area (Å²) in [6.07, 6.45) is 5.70. The highest BCUT2D eigenvalue weighted by Crippen LogP contribution is 2.27. The molecule has 1 aromatic heterocycles. The monoisotopic (exact) mass is 280 g/mol. The lowest BCUT2D eigenvalue weighted by atomic mass is 10.0. The van der Waals surface area contributed by atoms with Crippen molar-refractivity contribution in [2.75, 3.05) is 7.05 Å². The van der Waals surface area contributed by atoms with Gasteiger partial charge in [0.05, 0.1) is 0 Å². The number of carbonyl (C=O) groups is 1. The molecule has 2 rings (SSSR count). The molecular formula is C14H24N4O2. The number of carbonyl (C=O) groups excluding carboxylic acids is 1. The van der Waals surface area contributed by atoms with Gasteiger partial charge in [-0.05, 0) is 25.7 Å². The van der Waals surface area contributed by atoms with Gasteiger partial charge >= 0.3 is 6.03 Å². The lowest BCUT2D eigenvalue weighted by Crippen LogP contribution is -2.44. The Labute approximate surface area is 119 Å². The van der Waals surface area contributed by atoms with Crippen LogP contribution in [0.2, 0.25) is 0 Å².